The number of benzene rings is 6. The lowest BCUT2D eigenvalue weighted by Crippen LogP contribution is -2.01. The summed E-state index contributed by atoms with van der Waals surface area (Å²) in [6.07, 6.45) is 3.62. The van der Waals surface area contributed by atoms with Crippen LogP contribution in [0.1, 0.15) is 0 Å². The number of hydrogen-bond donors (Lipinski definition) is 0. The summed E-state index contributed by atoms with van der Waals surface area (Å²) in [5, 5.41) is 6.65. The highest BCUT2D eigenvalue weighted by Crippen LogP contribution is 2.39. The molecule has 0 bridgehead atoms. The van der Waals surface area contributed by atoms with Gasteiger partial charge in [-0.2, -0.15) is 0 Å². The Morgan fingerprint density at radius 1 is 0.305 bits per heavy atom. The van der Waals surface area contributed by atoms with Gasteiger partial charge in [-0.15, -0.1) is 0 Å². The summed E-state index contributed by atoms with van der Waals surface area (Å²) in [5.74, 6) is 0. The molecule has 0 unspecified atom stereocenters. The Bertz CT molecular complexity index is 3630. The van der Waals surface area contributed by atoms with Crippen LogP contribution in [0.2, 0.25) is 0 Å². The van der Waals surface area contributed by atoms with Crippen molar-refractivity contribution in [3.8, 4) is 28.2 Å². The minimum absolute atomic E-state index is 0.736. The summed E-state index contributed by atoms with van der Waals surface area (Å²) in [7, 11) is 0. The summed E-state index contributed by atoms with van der Waals surface area (Å²) in [6, 6.07) is 62.8. The molecule has 7 aromatic heterocycles. The largest absolute Gasteiger partial charge is 0.309 e. The fourth-order valence-electron chi connectivity index (χ4n) is 9.30. The summed E-state index contributed by atoms with van der Waals surface area (Å²) in [6.45, 7) is 0. The molecule has 0 N–H and O–H groups in total. The lowest BCUT2D eigenvalue weighted by atomic mass is 10.0. The van der Waals surface area contributed by atoms with Crippen molar-refractivity contribution < 1.29 is 0 Å². The van der Waals surface area contributed by atoms with Gasteiger partial charge in [0.25, 0.3) is 0 Å². The van der Waals surface area contributed by atoms with Crippen molar-refractivity contribution in [2.24, 2.45) is 0 Å². The number of nitrogens with zero attached hydrogens (tertiary/aromatic N) is 7. The normalized spacial score (nSPS) is 12.1. The fraction of sp³-hybridized carbons (Fsp3) is 0. The highest BCUT2D eigenvalue weighted by atomic mass is 15.0. The van der Waals surface area contributed by atoms with Gasteiger partial charge in [-0.25, -0.2) is 19.9 Å². The van der Waals surface area contributed by atoms with Crippen molar-refractivity contribution in [2.75, 3.05) is 0 Å². The van der Waals surface area contributed by atoms with Crippen LogP contribution < -0.4 is 0 Å². The Hall–Kier alpha value is -8.16. The molecular weight excluding hydrogens is 723 g/mol. The number of para-hydroxylation sites is 4. The standard InChI is InChI=1S/C52H31N7/c1-5-17-43-39(13-1)40-14-2-6-18-44(40)57(43)36-23-21-32(22-24-36)35-27-37(58-45-19-7-3-15-41(45)49-47(58)29-33-11-9-25-53-51(33)55-49)31-38(28-35)59-46-20-8-4-16-42(46)50-48(59)30-34-12-10-26-54-52(34)56-50/h1-31H. The SMILES string of the molecule is c1cnc2nc3c4ccccc4n(-c4cc(-c5ccc(-n6c7ccccc7c7ccccc76)cc5)cc(-n5c6ccccc6c6nc7ncccc7cc65)c4)c3cc2c1. The third-order valence-corrected chi connectivity index (χ3v) is 11.9. The first-order valence-electron chi connectivity index (χ1n) is 19.8. The summed E-state index contributed by atoms with van der Waals surface area (Å²) in [5.41, 5.74) is 15.3. The van der Waals surface area contributed by atoms with E-state index in [9.17, 15) is 0 Å². The molecule has 0 aliphatic carbocycles. The second-order valence-corrected chi connectivity index (χ2v) is 15.2. The molecule has 7 heteroatoms. The van der Waals surface area contributed by atoms with Gasteiger partial charge < -0.3 is 13.7 Å². The molecule has 13 rings (SSSR count). The van der Waals surface area contributed by atoms with Crippen molar-refractivity contribution in [3.05, 3.63) is 188 Å². The highest BCUT2D eigenvalue weighted by Gasteiger charge is 2.20. The minimum Gasteiger partial charge on any atom is -0.309 e. The zero-order valence-corrected chi connectivity index (χ0v) is 31.5. The van der Waals surface area contributed by atoms with Gasteiger partial charge in [-0.05, 0) is 102 Å². The van der Waals surface area contributed by atoms with E-state index in [0.29, 0.717) is 0 Å². The minimum atomic E-state index is 0.736. The van der Waals surface area contributed by atoms with E-state index in [2.05, 4.69) is 187 Å². The van der Waals surface area contributed by atoms with Gasteiger partial charge in [0.05, 0.1) is 44.1 Å². The number of fused-ring (bicyclic) bond motifs is 11. The van der Waals surface area contributed by atoms with Crippen molar-refractivity contribution >= 4 is 87.7 Å². The Morgan fingerprint density at radius 3 is 1.22 bits per heavy atom. The van der Waals surface area contributed by atoms with E-state index < -0.39 is 0 Å². The molecule has 0 atom stereocenters. The van der Waals surface area contributed by atoms with E-state index in [1.807, 2.05) is 24.5 Å². The maximum Gasteiger partial charge on any atom is 0.159 e. The fourth-order valence-corrected chi connectivity index (χ4v) is 9.30. The molecule has 0 amide bonds. The third-order valence-electron chi connectivity index (χ3n) is 11.9. The average molecular weight is 754 g/mol. The van der Waals surface area contributed by atoms with Gasteiger partial charge in [-0.1, -0.05) is 84.9 Å². The Labute approximate surface area is 336 Å². The summed E-state index contributed by atoms with van der Waals surface area (Å²) >= 11 is 0. The maximum atomic E-state index is 5.14. The third kappa shape index (κ3) is 4.70. The van der Waals surface area contributed by atoms with Crippen LogP contribution in [0, 0.1) is 0 Å². The Kier molecular flexibility index (Phi) is 6.60. The van der Waals surface area contributed by atoms with Gasteiger partial charge >= 0.3 is 0 Å². The van der Waals surface area contributed by atoms with Crippen molar-refractivity contribution in [3.63, 3.8) is 0 Å². The molecule has 0 radical (unpaired) electrons. The van der Waals surface area contributed by atoms with Crippen LogP contribution in [-0.2, 0) is 0 Å². The molecule has 0 saturated heterocycles. The van der Waals surface area contributed by atoms with Crippen LogP contribution in [0.4, 0.5) is 0 Å². The summed E-state index contributed by atoms with van der Waals surface area (Å²) in [4.78, 5) is 19.5. The second-order valence-electron chi connectivity index (χ2n) is 15.2. The quantitative estimate of drug-likeness (QED) is 0.179. The van der Waals surface area contributed by atoms with Gasteiger partial charge in [0.1, 0.15) is 0 Å². The van der Waals surface area contributed by atoms with E-state index in [0.717, 1.165) is 94.1 Å². The molecule has 7 nitrogen and oxygen atoms in total. The lowest BCUT2D eigenvalue weighted by Gasteiger charge is -2.16. The van der Waals surface area contributed by atoms with Gasteiger partial charge in [0.2, 0.25) is 0 Å². The number of pyridine rings is 4. The number of rotatable bonds is 4. The van der Waals surface area contributed by atoms with Crippen LogP contribution in [0.25, 0.3) is 116 Å². The Balaban J connectivity index is 1.09. The van der Waals surface area contributed by atoms with Gasteiger partial charge in [0.15, 0.2) is 11.3 Å². The molecule has 59 heavy (non-hydrogen) atoms. The zero-order chi connectivity index (χ0) is 38.6. The van der Waals surface area contributed by atoms with Gasteiger partial charge in [-0.3, -0.25) is 0 Å². The number of hydrogen-bond acceptors (Lipinski definition) is 4. The summed E-state index contributed by atoms with van der Waals surface area (Å²) < 4.78 is 7.08. The van der Waals surface area contributed by atoms with E-state index in [1.54, 1.807) is 0 Å². The molecular formula is C52H31N7. The maximum absolute atomic E-state index is 5.14. The number of aromatic nitrogens is 7. The van der Waals surface area contributed by atoms with Crippen molar-refractivity contribution in [2.45, 2.75) is 0 Å². The zero-order valence-electron chi connectivity index (χ0n) is 31.5. The van der Waals surface area contributed by atoms with E-state index >= 15 is 0 Å². The molecule has 7 heterocycles. The van der Waals surface area contributed by atoms with E-state index in [4.69, 9.17) is 9.97 Å². The van der Waals surface area contributed by atoms with E-state index in [-0.39, 0.29) is 0 Å². The molecule has 0 spiro atoms. The first-order chi connectivity index (χ1) is 29.2. The van der Waals surface area contributed by atoms with Crippen LogP contribution in [-0.4, -0.2) is 33.6 Å². The van der Waals surface area contributed by atoms with Gasteiger partial charge in [0, 0.05) is 61.8 Å². The average Bonchev–Trinajstić information content (AvgIpc) is 3.92. The predicted octanol–water partition coefficient (Wildman–Crippen LogP) is 12.5. The molecule has 0 fully saturated rings. The van der Waals surface area contributed by atoms with Crippen molar-refractivity contribution in [1.82, 2.24) is 33.6 Å². The molecule has 0 aliphatic rings. The van der Waals surface area contributed by atoms with Crippen LogP contribution in [0.15, 0.2) is 188 Å². The Morgan fingerprint density at radius 2 is 0.729 bits per heavy atom. The predicted molar refractivity (Wildman–Crippen MR) is 241 cm³/mol. The molecule has 0 aliphatic heterocycles. The first kappa shape index (κ1) is 32.0. The van der Waals surface area contributed by atoms with Crippen LogP contribution in [0.3, 0.4) is 0 Å². The molecule has 274 valence electrons. The first-order valence-corrected chi connectivity index (χ1v) is 19.8. The lowest BCUT2D eigenvalue weighted by molar-refractivity contribution is 1.13. The van der Waals surface area contributed by atoms with Crippen LogP contribution >= 0.6 is 0 Å². The highest BCUT2D eigenvalue weighted by molar-refractivity contribution is 6.12. The van der Waals surface area contributed by atoms with Crippen molar-refractivity contribution in [1.29, 1.82) is 0 Å². The monoisotopic (exact) mass is 753 g/mol. The second kappa shape index (κ2) is 12.2. The smallest absolute Gasteiger partial charge is 0.159 e. The van der Waals surface area contributed by atoms with E-state index in [1.165, 1.54) is 21.8 Å². The molecule has 6 aromatic carbocycles. The van der Waals surface area contributed by atoms with Crippen LogP contribution in [0.5, 0.6) is 0 Å². The topological polar surface area (TPSA) is 66.3 Å². The molecule has 13 aromatic rings. The molecule has 0 saturated carbocycles.